The van der Waals surface area contributed by atoms with Crippen molar-refractivity contribution in [1.82, 2.24) is 0 Å². The van der Waals surface area contributed by atoms with Gasteiger partial charge in [-0.25, -0.2) is 0 Å². The first kappa shape index (κ1) is 11.1. The molecule has 13 heavy (non-hydrogen) atoms. The summed E-state index contributed by atoms with van der Waals surface area (Å²) in [6.45, 7) is 7.04. The highest BCUT2D eigenvalue weighted by Crippen LogP contribution is 2.39. The molecule has 0 saturated heterocycles. The minimum absolute atomic E-state index is 1.04. The highest BCUT2D eigenvalue weighted by atomic mass is 14.3. The summed E-state index contributed by atoms with van der Waals surface area (Å²) in [7, 11) is 0. The van der Waals surface area contributed by atoms with Crippen LogP contribution in [0.1, 0.15) is 65.7 Å². The van der Waals surface area contributed by atoms with Crippen molar-refractivity contribution in [2.24, 2.45) is 17.8 Å². The van der Waals surface area contributed by atoms with Gasteiger partial charge in [0.1, 0.15) is 0 Å². The molecule has 1 rings (SSSR count). The van der Waals surface area contributed by atoms with Crippen molar-refractivity contribution in [2.75, 3.05) is 0 Å². The van der Waals surface area contributed by atoms with Crippen molar-refractivity contribution in [3.05, 3.63) is 0 Å². The lowest BCUT2D eigenvalue weighted by molar-refractivity contribution is 0.165. The SMILES string of the molecule is CCCC(CCC)CC1CC(C)C1. The molecular formula is C13H26. The van der Waals surface area contributed by atoms with E-state index in [1.54, 1.807) is 0 Å². The van der Waals surface area contributed by atoms with E-state index >= 15 is 0 Å². The van der Waals surface area contributed by atoms with E-state index in [-0.39, 0.29) is 0 Å². The van der Waals surface area contributed by atoms with Crippen LogP contribution in [0.5, 0.6) is 0 Å². The third-order valence-corrected chi connectivity index (χ3v) is 3.53. The van der Waals surface area contributed by atoms with E-state index in [0.717, 1.165) is 17.8 Å². The van der Waals surface area contributed by atoms with Gasteiger partial charge < -0.3 is 0 Å². The number of hydrogen-bond acceptors (Lipinski definition) is 0. The van der Waals surface area contributed by atoms with Crippen LogP contribution in [0.4, 0.5) is 0 Å². The highest BCUT2D eigenvalue weighted by molar-refractivity contribution is 4.78. The molecule has 0 heteroatoms. The fourth-order valence-electron chi connectivity index (χ4n) is 2.93. The lowest BCUT2D eigenvalue weighted by Crippen LogP contribution is -2.23. The van der Waals surface area contributed by atoms with E-state index in [0.29, 0.717) is 0 Å². The zero-order valence-electron chi connectivity index (χ0n) is 9.68. The smallest absolute Gasteiger partial charge is 0.0407 e. The molecule has 0 spiro atoms. The van der Waals surface area contributed by atoms with Crippen molar-refractivity contribution in [1.29, 1.82) is 0 Å². The molecule has 0 aromatic heterocycles. The molecule has 0 aliphatic heterocycles. The maximum absolute atomic E-state index is 2.39. The Morgan fingerprint density at radius 1 is 1.08 bits per heavy atom. The monoisotopic (exact) mass is 182 g/mol. The van der Waals surface area contributed by atoms with Crippen molar-refractivity contribution in [2.45, 2.75) is 65.7 Å². The third kappa shape index (κ3) is 3.70. The minimum Gasteiger partial charge on any atom is -0.0654 e. The van der Waals surface area contributed by atoms with E-state index in [2.05, 4.69) is 20.8 Å². The van der Waals surface area contributed by atoms with Gasteiger partial charge >= 0.3 is 0 Å². The van der Waals surface area contributed by atoms with Crippen molar-refractivity contribution in [3.63, 3.8) is 0 Å². The maximum Gasteiger partial charge on any atom is -0.0407 e. The Morgan fingerprint density at radius 2 is 1.62 bits per heavy atom. The highest BCUT2D eigenvalue weighted by Gasteiger charge is 2.27. The Morgan fingerprint density at radius 3 is 2.00 bits per heavy atom. The number of hydrogen-bond donors (Lipinski definition) is 0. The quantitative estimate of drug-likeness (QED) is 0.561. The van der Waals surface area contributed by atoms with Crippen molar-refractivity contribution < 1.29 is 0 Å². The second-order valence-corrected chi connectivity index (χ2v) is 5.12. The van der Waals surface area contributed by atoms with Crippen LogP contribution < -0.4 is 0 Å². The van der Waals surface area contributed by atoms with Crippen LogP contribution in [-0.2, 0) is 0 Å². The fourth-order valence-corrected chi connectivity index (χ4v) is 2.93. The zero-order chi connectivity index (χ0) is 9.68. The molecule has 0 atom stereocenters. The molecule has 0 unspecified atom stereocenters. The fraction of sp³-hybridized carbons (Fsp3) is 1.00. The molecule has 1 aliphatic rings. The largest absolute Gasteiger partial charge is 0.0654 e. The predicted molar refractivity (Wildman–Crippen MR) is 59.8 cm³/mol. The van der Waals surface area contributed by atoms with Gasteiger partial charge in [0, 0.05) is 0 Å². The van der Waals surface area contributed by atoms with E-state index in [1.807, 2.05) is 0 Å². The van der Waals surface area contributed by atoms with E-state index in [9.17, 15) is 0 Å². The molecular weight excluding hydrogens is 156 g/mol. The topological polar surface area (TPSA) is 0 Å². The molecule has 0 radical (unpaired) electrons. The molecule has 0 nitrogen and oxygen atoms in total. The molecule has 0 amide bonds. The van der Waals surface area contributed by atoms with E-state index < -0.39 is 0 Å². The van der Waals surface area contributed by atoms with Crippen LogP contribution in [0.15, 0.2) is 0 Å². The van der Waals surface area contributed by atoms with Crippen LogP contribution in [0, 0.1) is 17.8 Å². The summed E-state index contributed by atoms with van der Waals surface area (Å²) in [6.07, 6.45) is 10.3. The summed E-state index contributed by atoms with van der Waals surface area (Å²) < 4.78 is 0. The van der Waals surface area contributed by atoms with Gasteiger partial charge in [0.05, 0.1) is 0 Å². The zero-order valence-corrected chi connectivity index (χ0v) is 9.68. The summed E-state index contributed by atoms with van der Waals surface area (Å²) in [6, 6.07) is 0. The summed E-state index contributed by atoms with van der Waals surface area (Å²) >= 11 is 0. The van der Waals surface area contributed by atoms with Crippen LogP contribution in [-0.4, -0.2) is 0 Å². The first-order valence-corrected chi connectivity index (χ1v) is 6.26. The summed E-state index contributed by atoms with van der Waals surface area (Å²) in [5.74, 6) is 3.18. The van der Waals surface area contributed by atoms with Gasteiger partial charge in [-0.1, -0.05) is 46.5 Å². The van der Waals surface area contributed by atoms with Gasteiger partial charge in [-0.3, -0.25) is 0 Å². The van der Waals surface area contributed by atoms with Crippen molar-refractivity contribution >= 4 is 0 Å². The van der Waals surface area contributed by atoms with Crippen LogP contribution in [0.25, 0.3) is 0 Å². The summed E-state index contributed by atoms with van der Waals surface area (Å²) in [5.41, 5.74) is 0. The second-order valence-electron chi connectivity index (χ2n) is 5.12. The van der Waals surface area contributed by atoms with Gasteiger partial charge in [0.15, 0.2) is 0 Å². The Kier molecular flexibility index (Phi) is 4.83. The Bertz CT molecular complexity index is 116. The van der Waals surface area contributed by atoms with Gasteiger partial charge in [0.2, 0.25) is 0 Å². The average Bonchev–Trinajstić information content (AvgIpc) is 2.02. The molecule has 1 aliphatic carbocycles. The number of rotatable bonds is 6. The maximum atomic E-state index is 2.39. The predicted octanol–water partition coefficient (Wildman–Crippen LogP) is 4.64. The van der Waals surface area contributed by atoms with Gasteiger partial charge in [-0.15, -0.1) is 0 Å². The van der Waals surface area contributed by atoms with Crippen LogP contribution in [0.3, 0.4) is 0 Å². The summed E-state index contributed by atoms with van der Waals surface area (Å²) in [4.78, 5) is 0. The molecule has 78 valence electrons. The molecule has 0 aromatic rings. The molecule has 0 N–H and O–H groups in total. The lowest BCUT2D eigenvalue weighted by Gasteiger charge is -2.35. The van der Waals surface area contributed by atoms with E-state index in [4.69, 9.17) is 0 Å². The third-order valence-electron chi connectivity index (χ3n) is 3.53. The van der Waals surface area contributed by atoms with Crippen molar-refractivity contribution in [3.8, 4) is 0 Å². The van der Waals surface area contributed by atoms with E-state index in [1.165, 1.54) is 44.9 Å². The first-order valence-electron chi connectivity index (χ1n) is 6.26. The second kappa shape index (κ2) is 5.67. The summed E-state index contributed by atoms with van der Waals surface area (Å²) in [5, 5.41) is 0. The van der Waals surface area contributed by atoms with Crippen LogP contribution in [0.2, 0.25) is 0 Å². The Labute approximate surface area is 84.1 Å². The van der Waals surface area contributed by atoms with Crippen LogP contribution >= 0.6 is 0 Å². The Hall–Kier alpha value is 0. The normalized spacial score (nSPS) is 27.7. The lowest BCUT2D eigenvalue weighted by atomic mass is 9.71. The van der Waals surface area contributed by atoms with Gasteiger partial charge in [-0.2, -0.15) is 0 Å². The van der Waals surface area contributed by atoms with Gasteiger partial charge in [0.25, 0.3) is 0 Å². The molecule has 0 heterocycles. The van der Waals surface area contributed by atoms with Gasteiger partial charge in [-0.05, 0) is 37.0 Å². The first-order chi connectivity index (χ1) is 6.26. The molecule has 0 aromatic carbocycles. The standard InChI is InChI=1S/C13H26/c1-4-6-12(7-5-2)10-13-8-11(3)9-13/h11-13H,4-10H2,1-3H3. The minimum atomic E-state index is 1.04. The average molecular weight is 182 g/mol. The Balaban J connectivity index is 2.14. The molecule has 0 bridgehead atoms. The molecule has 1 fully saturated rings. The molecule has 1 saturated carbocycles.